The average molecular weight is 719 g/mol. The van der Waals surface area contributed by atoms with Crippen molar-refractivity contribution in [2.45, 2.75) is 44.6 Å². The summed E-state index contributed by atoms with van der Waals surface area (Å²) in [6.07, 6.45) is 0.510. The number of nitrogens with one attached hydrogen (secondary N) is 1. The van der Waals surface area contributed by atoms with Crippen molar-refractivity contribution < 1.29 is 41.3 Å². The van der Waals surface area contributed by atoms with Gasteiger partial charge in [0.25, 0.3) is 5.91 Å². The maximum atomic E-state index is 14.2. The van der Waals surface area contributed by atoms with Gasteiger partial charge in [-0.1, -0.05) is 96.0 Å². The van der Waals surface area contributed by atoms with Crippen molar-refractivity contribution in [1.29, 1.82) is 0 Å². The van der Waals surface area contributed by atoms with Crippen LogP contribution in [0.1, 0.15) is 51.4 Å². The zero-order valence-corrected chi connectivity index (χ0v) is 26.8. The van der Waals surface area contributed by atoms with Crippen molar-refractivity contribution in [3.05, 3.63) is 146 Å². The first-order valence-electron chi connectivity index (χ1n) is 14.9. The van der Waals surface area contributed by atoms with Gasteiger partial charge in [0.1, 0.15) is 10.7 Å². The van der Waals surface area contributed by atoms with Crippen LogP contribution in [0.4, 0.5) is 22.0 Å². The Hall–Kier alpha value is -4.33. The third kappa shape index (κ3) is 7.19. The standard InChI is InChI=1S/C35H26Cl2F5N3O4/c36-32-33(37)45(17-44-32)15-23-13-25(20-7-5-18(16-46)6-8-20)49-35(48-23)21-11-9-19(10-12-21)24-4-2-1-3-22(24)14-43-34(47)26-27(38)29(40)31(42)30(41)28(26)39/h1-12,17,23,25,35,46H,13-16H2,(H,43,47). The summed E-state index contributed by atoms with van der Waals surface area (Å²) in [5.74, 6) is -12.6. The van der Waals surface area contributed by atoms with Gasteiger partial charge in [-0.25, -0.2) is 26.9 Å². The van der Waals surface area contributed by atoms with Crippen LogP contribution in [0.5, 0.6) is 0 Å². The molecule has 254 valence electrons. The molecule has 0 spiro atoms. The highest BCUT2D eigenvalue weighted by Gasteiger charge is 2.33. The predicted molar refractivity (Wildman–Crippen MR) is 170 cm³/mol. The fraction of sp³-hybridized carbons (Fsp3) is 0.200. The number of hydrogen-bond acceptors (Lipinski definition) is 5. The van der Waals surface area contributed by atoms with Gasteiger partial charge in [-0.15, -0.1) is 0 Å². The van der Waals surface area contributed by atoms with Crippen molar-refractivity contribution >= 4 is 29.1 Å². The molecule has 5 aromatic rings. The Morgan fingerprint density at radius 3 is 2.12 bits per heavy atom. The van der Waals surface area contributed by atoms with Gasteiger partial charge in [-0.05, 0) is 27.8 Å². The maximum Gasteiger partial charge on any atom is 0.257 e. The molecule has 2 heterocycles. The predicted octanol–water partition coefficient (Wildman–Crippen LogP) is 8.22. The van der Waals surface area contributed by atoms with Gasteiger partial charge >= 0.3 is 0 Å². The number of ether oxygens (including phenoxy) is 2. The third-order valence-electron chi connectivity index (χ3n) is 8.14. The van der Waals surface area contributed by atoms with Gasteiger partial charge in [-0.3, -0.25) is 4.79 Å². The van der Waals surface area contributed by atoms with Crippen LogP contribution in [0.3, 0.4) is 0 Å². The number of amides is 1. The van der Waals surface area contributed by atoms with E-state index in [1.165, 1.54) is 6.33 Å². The fourth-order valence-electron chi connectivity index (χ4n) is 5.57. The smallest absolute Gasteiger partial charge is 0.257 e. The molecule has 0 saturated carbocycles. The number of rotatable bonds is 9. The van der Waals surface area contributed by atoms with Crippen LogP contribution in [-0.2, 0) is 29.2 Å². The van der Waals surface area contributed by atoms with Gasteiger partial charge in [-0.2, -0.15) is 0 Å². The van der Waals surface area contributed by atoms with Crippen LogP contribution in [-0.4, -0.2) is 26.7 Å². The van der Waals surface area contributed by atoms with Crippen LogP contribution in [0.15, 0.2) is 79.1 Å². The number of carbonyl (C=O) groups is 1. The summed E-state index contributed by atoms with van der Waals surface area (Å²) < 4.78 is 83.6. The SMILES string of the molecule is O=C(NCc1ccccc1-c1ccc(C2OC(Cn3cnc(Cl)c3Cl)CC(c3ccc(CO)cc3)O2)cc1)c1c(F)c(F)c(F)c(F)c1F. The highest BCUT2D eigenvalue weighted by atomic mass is 35.5. The number of imidazole rings is 1. The number of halogens is 7. The quantitative estimate of drug-likeness (QED) is 0.0912. The molecule has 1 aromatic heterocycles. The molecular formula is C35H26Cl2F5N3O4. The fourth-order valence-corrected chi connectivity index (χ4v) is 5.88. The molecule has 1 aliphatic heterocycles. The minimum absolute atomic E-state index is 0.0901. The molecule has 1 saturated heterocycles. The lowest BCUT2D eigenvalue weighted by Gasteiger charge is -2.36. The summed E-state index contributed by atoms with van der Waals surface area (Å²) in [4.78, 5) is 16.6. The monoisotopic (exact) mass is 717 g/mol. The van der Waals surface area contributed by atoms with Crippen LogP contribution < -0.4 is 5.32 Å². The van der Waals surface area contributed by atoms with E-state index >= 15 is 0 Å². The van der Waals surface area contributed by atoms with E-state index in [1.807, 2.05) is 24.3 Å². The molecule has 0 aliphatic carbocycles. The van der Waals surface area contributed by atoms with E-state index < -0.39 is 46.8 Å². The molecule has 7 nitrogen and oxygen atoms in total. The lowest BCUT2D eigenvalue weighted by molar-refractivity contribution is -0.252. The normalized spacial score (nSPS) is 17.7. The zero-order chi connectivity index (χ0) is 34.8. The van der Waals surface area contributed by atoms with E-state index in [4.69, 9.17) is 32.7 Å². The molecule has 1 aliphatic rings. The first-order chi connectivity index (χ1) is 23.5. The molecule has 14 heteroatoms. The number of nitrogens with zero attached hydrogens (tertiary/aromatic N) is 2. The largest absolute Gasteiger partial charge is 0.392 e. The lowest BCUT2D eigenvalue weighted by atomic mass is 9.97. The van der Waals surface area contributed by atoms with Crippen LogP contribution in [0.2, 0.25) is 10.3 Å². The Morgan fingerprint density at radius 1 is 0.857 bits per heavy atom. The van der Waals surface area contributed by atoms with Gasteiger partial charge in [0.2, 0.25) is 5.82 Å². The summed E-state index contributed by atoms with van der Waals surface area (Å²) in [7, 11) is 0. The number of aliphatic hydroxyl groups is 1. The Kier molecular flexibility index (Phi) is 10.3. The number of hydrogen-bond donors (Lipinski definition) is 2. The summed E-state index contributed by atoms with van der Waals surface area (Å²) in [6, 6.07) is 21.5. The Morgan fingerprint density at radius 2 is 1.49 bits per heavy atom. The second kappa shape index (κ2) is 14.7. The zero-order valence-electron chi connectivity index (χ0n) is 25.3. The molecule has 3 unspecified atom stereocenters. The van der Waals surface area contributed by atoms with Gasteiger partial charge in [0, 0.05) is 18.5 Å². The van der Waals surface area contributed by atoms with Crippen LogP contribution in [0.25, 0.3) is 11.1 Å². The van der Waals surface area contributed by atoms with Gasteiger partial charge in [0.05, 0.1) is 31.7 Å². The topological polar surface area (TPSA) is 85.6 Å². The molecule has 4 aromatic carbocycles. The first-order valence-corrected chi connectivity index (χ1v) is 15.7. The summed E-state index contributed by atoms with van der Waals surface area (Å²) in [6.45, 7) is -0.0105. The number of benzene rings is 4. The van der Waals surface area contributed by atoms with Crippen molar-refractivity contribution in [3.63, 3.8) is 0 Å². The third-order valence-corrected chi connectivity index (χ3v) is 8.91. The van der Waals surface area contributed by atoms with E-state index in [1.54, 1.807) is 53.1 Å². The first kappa shape index (κ1) is 34.5. The van der Waals surface area contributed by atoms with Crippen molar-refractivity contribution in [1.82, 2.24) is 14.9 Å². The molecule has 2 N–H and O–H groups in total. The van der Waals surface area contributed by atoms with E-state index in [0.29, 0.717) is 35.2 Å². The van der Waals surface area contributed by atoms with Crippen molar-refractivity contribution in [2.24, 2.45) is 0 Å². The van der Waals surface area contributed by atoms with Crippen LogP contribution in [0, 0.1) is 29.1 Å². The Balaban J connectivity index is 1.22. The van der Waals surface area contributed by atoms with E-state index in [-0.39, 0.29) is 35.7 Å². The summed E-state index contributed by atoms with van der Waals surface area (Å²) in [5.41, 5.74) is 2.64. The Labute approximate surface area is 286 Å². The second-order valence-electron chi connectivity index (χ2n) is 11.2. The molecule has 6 rings (SSSR count). The highest BCUT2D eigenvalue weighted by molar-refractivity contribution is 6.40. The van der Waals surface area contributed by atoms with Crippen molar-refractivity contribution in [3.8, 4) is 11.1 Å². The van der Waals surface area contributed by atoms with Crippen molar-refractivity contribution in [2.75, 3.05) is 0 Å². The molecular weight excluding hydrogens is 692 g/mol. The minimum Gasteiger partial charge on any atom is -0.392 e. The number of aliphatic hydroxyl groups excluding tert-OH is 1. The molecule has 0 radical (unpaired) electrons. The molecule has 1 fully saturated rings. The second-order valence-corrected chi connectivity index (χ2v) is 12.0. The van der Waals surface area contributed by atoms with Gasteiger partial charge in [0.15, 0.2) is 34.7 Å². The summed E-state index contributed by atoms with van der Waals surface area (Å²) in [5, 5.41) is 12.2. The molecule has 49 heavy (non-hydrogen) atoms. The molecule has 1 amide bonds. The van der Waals surface area contributed by atoms with E-state index in [2.05, 4.69) is 10.3 Å². The molecule has 3 atom stereocenters. The maximum absolute atomic E-state index is 14.2. The van der Waals surface area contributed by atoms with Gasteiger partial charge < -0.3 is 24.5 Å². The number of carbonyl (C=O) groups excluding carboxylic acids is 1. The van der Waals surface area contributed by atoms with E-state index in [9.17, 15) is 31.9 Å². The van der Waals surface area contributed by atoms with E-state index in [0.717, 1.165) is 11.1 Å². The molecule has 0 bridgehead atoms. The average Bonchev–Trinajstić information content (AvgIpc) is 3.44. The minimum atomic E-state index is -2.35. The lowest BCUT2D eigenvalue weighted by Crippen LogP contribution is -2.32. The highest BCUT2D eigenvalue weighted by Crippen LogP contribution is 2.39. The number of aromatic nitrogens is 2. The van der Waals surface area contributed by atoms with Crippen LogP contribution >= 0.6 is 23.2 Å². The summed E-state index contributed by atoms with van der Waals surface area (Å²) >= 11 is 12.4. The Bertz CT molecular complexity index is 1960.